The van der Waals surface area contributed by atoms with Crippen molar-refractivity contribution < 1.29 is 29.3 Å². The van der Waals surface area contributed by atoms with Crippen LogP contribution in [0.25, 0.3) is 11.3 Å². The number of carbonyl (C=O) groups excluding carboxylic acids is 3. The van der Waals surface area contributed by atoms with E-state index in [9.17, 15) is 24.6 Å². The summed E-state index contributed by atoms with van der Waals surface area (Å²) in [6.45, 7) is 0.437. The number of nitrogens with zero attached hydrogens (tertiary/aromatic N) is 2. The fourth-order valence-electron chi connectivity index (χ4n) is 4.46. The molecule has 0 spiro atoms. The smallest absolute Gasteiger partial charge is 0.337 e. The van der Waals surface area contributed by atoms with Crippen LogP contribution in [-0.2, 0) is 14.3 Å². The summed E-state index contributed by atoms with van der Waals surface area (Å²) in [6.07, 6.45) is 0. The summed E-state index contributed by atoms with van der Waals surface area (Å²) >= 11 is 0. The van der Waals surface area contributed by atoms with Gasteiger partial charge in [-0.1, -0.05) is 36.4 Å². The molecule has 3 aromatic rings. The van der Waals surface area contributed by atoms with E-state index < -0.39 is 5.97 Å². The Balaban J connectivity index is 1.62. The maximum atomic E-state index is 13.2. The molecule has 0 saturated heterocycles. The number of amides is 2. The second-order valence-electron chi connectivity index (χ2n) is 9.17. The number of hydrogen-bond donors (Lipinski definition) is 4. The topological polar surface area (TPSA) is 131 Å². The third kappa shape index (κ3) is 6.37. The molecular formula is C30H32N4O6. The number of methoxy groups -OCH3 is 1. The quantitative estimate of drug-likeness (QED) is 0.214. The molecule has 10 nitrogen and oxygen atoms in total. The zero-order valence-corrected chi connectivity index (χ0v) is 22.4. The van der Waals surface area contributed by atoms with Crippen LogP contribution < -0.4 is 15.5 Å². The van der Waals surface area contributed by atoms with Crippen LogP contribution in [0.1, 0.15) is 21.5 Å². The molecule has 40 heavy (non-hydrogen) atoms. The number of benzene rings is 3. The summed E-state index contributed by atoms with van der Waals surface area (Å²) in [5.74, 6) is -0.977. The number of anilines is 3. The van der Waals surface area contributed by atoms with E-state index in [2.05, 4.69) is 10.6 Å². The van der Waals surface area contributed by atoms with Gasteiger partial charge in [0.25, 0.3) is 5.91 Å². The molecule has 0 radical (unpaired) electrons. The van der Waals surface area contributed by atoms with E-state index in [0.717, 1.165) is 5.56 Å². The van der Waals surface area contributed by atoms with Gasteiger partial charge in [0, 0.05) is 37.1 Å². The number of esters is 1. The van der Waals surface area contributed by atoms with E-state index in [1.54, 1.807) is 42.3 Å². The number of nitrogens with one attached hydrogen (secondary N) is 2. The highest BCUT2D eigenvalue weighted by molar-refractivity contribution is 6.37. The number of aliphatic hydroxyl groups is 2. The molecule has 0 aliphatic carbocycles. The molecule has 0 fully saturated rings. The van der Waals surface area contributed by atoms with Crippen molar-refractivity contribution in [2.45, 2.75) is 0 Å². The number of hydrogen-bond acceptors (Lipinski definition) is 8. The Hall–Kier alpha value is -4.51. The highest BCUT2D eigenvalue weighted by atomic mass is 16.5. The van der Waals surface area contributed by atoms with E-state index >= 15 is 0 Å². The molecule has 208 valence electrons. The lowest BCUT2D eigenvalue weighted by Gasteiger charge is -2.24. The Morgan fingerprint density at radius 3 is 2.23 bits per heavy atom. The van der Waals surface area contributed by atoms with Crippen molar-refractivity contribution >= 4 is 46.1 Å². The minimum absolute atomic E-state index is 0.0636. The van der Waals surface area contributed by atoms with Crippen molar-refractivity contribution in [1.82, 2.24) is 4.90 Å². The summed E-state index contributed by atoms with van der Waals surface area (Å²) < 4.78 is 4.80. The number of aliphatic hydroxyl groups excluding tert-OH is 2. The summed E-state index contributed by atoms with van der Waals surface area (Å²) in [5.41, 5.74) is 4.68. The Bertz CT molecular complexity index is 1400. The maximum absolute atomic E-state index is 13.2. The Kier molecular flexibility index (Phi) is 9.28. The van der Waals surface area contributed by atoms with Gasteiger partial charge in [0.1, 0.15) is 0 Å². The maximum Gasteiger partial charge on any atom is 0.337 e. The summed E-state index contributed by atoms with van der Waals surface area (Å²) in [6, 6.07) is 21.6. The van der Waals surface area contributed by atoms with E-state index in [-0.39, 0.29) is 31.6 Å². The molecule has 0 saturated carbocycles. The third-order valence-corrected chi connectivity index (χ3v) is 6.59. The standard InChI is InChI=1S/C30H32N4O6/c1-33(26(37)19-34(14-16-35)15-17-36)23-11-9-22(10-12-23)31-28(20-6-4-3-5-7-20)27-24-13-8-21(30(39)40-2)18-25(24)32-29(27)38/h3-13,18,31,35-36H,14-17,19H2,1-2H3,(H,32,38)/b28-27-. The van der Waals surface area contributed by atoms with Gasteiger partial charge in [0.15, 0.2) is 0 Å². The first-order valence-electron chi connectivity index (χ1n) is 12.8. The molecular weight excluding hydrogens is 512 g/mol. The van der Waals surface area contributed by atoms with Gasteiger partial charge in [-0.05, 0) is 42.0 Å². The first-order valence-corrected chi connectivity index (χ1v) is 12.8. The van der Waals surface area contributed by atoms with Crippen LogP contribution >= 0.6 is 0 Å². The van der Waals surface area contributed by atoms with Gasteiger partial charge >= 0.3 is 5.97 Å². The van der Waals surface area contributed by atoms with Crippen LogP contribution in [-0.4, -0.2) is 79.9 Å². The zero-order valence-electron chi connectivity index (χ0n) is 22.4. The van der Waals surface area contributed by atoms with Gasteiger partial charge in [-0.25, -0.2) is 4.79 Å². The average molecular weight is 545 g/mol. The normalized spacial score (nSPS) is 13.5. The summed E-state index contributed by atoms with van der Waals surface area (Å²) in [4.78, 5) is 41.2. The van der Waals surface area contributed by atoms with Crippen LogP contribution in [0.3, 0.4) is 0 Å². The monoisotopic (exact) mass is 544 g/mol. The fourth-order valence-corrected chi connectivity index (χ4v) is 4.46. The Morgan fingerprint density at radius 1 is 0.925 bits per heavy atom. The lowest BCUT2D eigenvalue weighted by Crippen LogP contribution is -2.40. The molecule has 0 unspecified atom stereocenters. The number of ether oxygens (including phenoxy) is 1. The molecule has 2 amide bonds. The van der Waals surface area contributed by atoms with E-state index in [4.69, 9.17) is 4.74 Å². The molecule has 10 heteroatoms. The fraction of sp³-hybridized carbons (Fsp3) is 0.233. The highest BCUT2D eigenvalue weighted by Gasteiger charge is 2.29. The van der Waals surface area contributed by atoms with Crippen molar-refractivity contribution in [1.29, 1.82) is 0 Å². The number of carbonyl (C=O) groups is 3. The Labute approximate surface area is 232 Å². The second-order valence-corrected chi connectivity index (χ2v) is 9.17. The van der Waals surface area contributed by atoms with Crippen LogP contribution in [0.5, 0.6) is 0 Å². The Morgan fingerprint density at radius 2 is 1.60 bits per heavy atom. The molecule has 4 N–H and O–H groups in total. The first kappa shape index (κ1) is 28.5. The number of likely N-dealkylation sites (N-methyl/N-ethyl adjacent to an activating group) is 1. The largest absolute Gasteiger partial charge is 0.465 e. The van der Waals surface area contributed by atoms with Crippen molar-refractivity contribution in [3.8, 4) is 0 Å². The van der Waals surface area contributed by atoms with Gasteiger partial charge in [-0.2, -0.15) is 0 Å². The van der Waals surface area contributed by atoms with E-state index in [0.29, 0.717) is 52.5 Å². The van der Waals surface area contributed by atoms with Crippen molar-refractivity contribution in [2.24, 2.45) is 0 Å². The minimum Gasteiger partial charge on any atom is -0.465 e. The van der Waals surface area contributed by atoms with Crippen LogP contribution in [0, 0.1) is 0 Å². The molecule has 0 atom stereocenters. The SMILES string of the molecule is COC(=O)c1ccc2c(c1)NC(=O)/C2=C(\Nc1ccc(N(C)C(=O)CN(CCO)CCO)cc1)c1ccccc1. The third-order valence-electron chi connectivity index (χ3n) is 6.59. The molecule has 1 aliphatic heterocycles. The number of rotatable bonds is 11. The summed E-state index contributed by atoms with van der Waals surface area (Å²) in [5, 5.41) is 24.6. The lowest BCUT2D eigenvalue weighted by molar-refractivity contribution is -0.119. The average Bonchev–Trinajstić information content (AvgIpc) is 3.30. The first-order chi connectivity index (χ1) is 19.4. The van der Waals surface area contributed by atoms with Gasteiger partial charge in [-0.15, -0.1) is 0 Å². The van der Waals surface area contributed by atoms with Crippen LogP contribution in [0.15, 0.2) is 72.8 Å². The van der Waals surface area contributed by atoms with Crippen LogP contribution in [0.2, 0.25) is 0 Å². The molecule has 4 rings (SSSR count). The van der Waals surface area contributed by atoms with Gasteiger partial charge in [0.2, 0.25) is 5.91 Å². The zero-order chi connectivity index (χ0) is 28.6. The number of fused-ring (bicyclic) bond motifs is 1. The molecule has 1 heterocycles. The second kappa shape index (κ2) is 13.0. The van der Waals surface area contributed by atoms with E-state index in [1.807, 2.05) is 42.5 Å². The van der Waals surface area contributed by atoms with Crippen molar-refractivity contribution in [2.75, 3.05) is 62.5 Å². The molecule has 0 bridgehead atoms. The van der Waals surface area contributed by atoms with Gasteiger partial charge in [-0.3, -0.25) is 14.5 Å². The molecule has 3 aromatic carbocycles. The predicted molar refractivity (Wildman–Crippen MR) is 154 cm³/mol. The van der Waals surface area contributed by atoms with Gasteiger partial charge < -0.3 is 30.5 Å². The van der Waals surface area contributed by atoms with Gasteiger partial charge in [0.05, 0.1) is 49.4 Å². The van der Waals surface area contributed by atoms with Crippen molar-refractivity contribution in [3.05, 3.63) is 89.5 Å². The minimum atomic E-state index is -0.492. The lowest BCUT2D eigenvalue weighted by atomic mass is 9.99. The van der Waals surface area contributed by atoms with E-state index in [1.165, 1.54) is 12.0 Å². The molecule has 1 aliphatic rings. The predicted octanol–water partition coefficient (Wildman–Crippen LogP) is 2.66. The highest BCUT2D eigenvalue weighted by Crippen LogP contribution is 2.38. The summed E-state index contributed by atoms with van der Waals surface area (Å²) in [7, 11) is 2.97. The molecule has 0 aromatic heterocycles. The van der Waals surface area contributed by atoms with Crippen molar-refractivity contribution in [3.63, 3.8) is 0 Å². The van der Waals surface area contributed by atoms with Crippen LogP contribution in [0.4, 0.5) is 17.1 Å².